The molecule has 0 radical (unpaired) electrons. The average Bonchev–Trinajstić information content (AvgIpc) is 2.76. The first-order valence-corrected chi connectivity index (χ1v) is 6.07. The second-order valence-electron chi connectivity index (χ2n) is 3.89. The molecule has 1 N–H and O–H groups in total. The van der Waals surface area contributed by atoms with Crippen LogP contribution in [0.5, 0.6) is 0 Å². The summed E-state index contributed by atoms with van der Waals surface area (Å²) < 4.78 is 28.4. The zero-order valence-corrected chi connectivity index (χ0v) is 10.3. The number of benzene rings is 1. The van der Waals surface area contributed by atoms with Gasteiger partial charge in [0.05, 0.1) is 10.4 Å². The lowest BCUT2D eigenvalue weighted by atomic mass is 10.0. The molecule has 0 amide bonds. The van der Waals surface area contributed by atoms with E-state index in [1.807, 2.05) is 0 Å². The SMILES string of the molecule is Cc1ccsc1C(F)(F)c1ccc(C(=O)O)cc1. The molecule has 1 aromatic carbocycles. The molecule has 2 rings (SSSR count). The number of aryl methyl sites for hydroxylation is 1. The molecular formula is C13H10F2O2S. The Morgan fingerprint density at radius 2 is 1.83 bits per heavy atom. The average molecular weight is 268 g/mol. The van der Waals surface area contributed by atoms with Gasteiger partial charge in [0.2, 0.25) is 0 Å². The van der Waals surface area contributed by atoms with E-state index in [-0.39, 0.29) is 16.0 Å². The number of aromatic carboxylic acids is 1. The predicted octanol–water partition coefficient (Wildman–Crippen LogP) is 3.89. The van der Waals surface area contributed by atoms with E-state index in [0.717, 1.165) is 23.5 Å². The highest BCUT2D eigenvalue weighted by Gasteiger charge is 2.36. The summed E-state index contributed by atoms with van der Waals surface area (Å²) in [7, 11) is 0. The Balaban J connectivity index is 2.42. The van der Waals surface area contributed by atoms with Gasteiger partial charge < -0.3 is 5.11 Å². The molecule has 0 fully saturated rings. The minimum absolute atomic E-state index is 0.00236. The highest BCUT2D eigenvalue weighted by atomic mass is 32.1. The van der Waals surface area contributed by atoms with Gasteiger partial charge in [0.25, 0.3) is 0 Å². The summed E-state index contributed by atoms with van der Waals surface area (Å²) in [6.45, 7) is 1.63. The van der Waals surface area contributed by atoms with Gasteiger partial charge in [-0.25, -0.2) is 4.79 Å². The lowest BCUT2D eigenvalue weighted by Gasteiger charge is -2.16. The van der Waals surface area contributed by atoms with Gasteiger partial charge in [0, 0.05) is 5.56 Å². The molecule has 0 bridgehead atoms. The van der Waals surface area contributed by atoms with Gasteiger partial charge in [-0.05, 0) is 36.1 Å². The van der Waals surface area contributed by atoms with Crippen LogP contribution >= 0.6 is 11.3 Å². The van der Waals surface area contributed by atoms with Gasteiger partial charge in [0.15, 0.2) is 0 Å². The molecule has 18 heavy (non-hydrogen) atoms. The fourth-order valence-electron chi connectivity index (χ4n) is 1.65. The van der Waals surface area contributed by atoms with Crippen molar-refractivity contribution in [2.45, 2.75) is 12.8 Å². The van der Waals surface area contributed by atoms with E-state index in [2.05, 4.69) is 0 Å². The first-order valence-electron chi connectivity index (χ1n) is 5.19. The number of carboxylic acid groups (broad SMARTS) is 1. The minimum Gasteiger partial charge on any atom is -0.478 e. The Morgan fingerprint density at radius 3 is 2.28 bits per heavy atom. The zero-order chi connectivity index (χ0) is 13.3. The number of carboxylic acids is 1. The maximum absolute atomic E-state index is 14.2. The minimum atomic E-state index is -3.09. The molecule has 0 aliphatic rings. The van der Waals surface area contributed by atoms with E-state index in [9.17, 15) is 13.6 Å². The summed E-state index contributed by atoms with van der Waals surface area (Å²) in [6.07, 6.45) is 0. The molecule has 0 spiro atoms. The van der Waals surface area contributed by atoms with Gasteiger partial charge in [-0.3, -0.25) is 0 Å². The van der Waals surface area contributed by atoms with Crippen molar-refractivity contribution in [2.24, 2.45) is 0 Å². The number of rotatable bonds is 3. The van der Waals surface area contributed by atoms with Crippen LogP contribution in [0.4, 0.5) is 8.78 Å². The van der Waals surface area contributed by atoms with E-state index < -0.39 is 11.9 Å². The number of thiophene rings is 1. The van der Waals surface area contributed by atoms with Crippen LogP contribution in [0.3, 0.4) is 0 Å². The molecule has 0 saturated carbocycles. The summed E-state index contributed by atoms with van der Waals surface area (Å²) in [5, 5.41) is 10.3. The molecule has 5 heteroatoms. The maximum atomic E-state index is 14.2. The van der Waals surface area contributed by atoms with Crippen LogP contribution in [-0.4, -0.2) is 11.1 Å². The molecule has 0 atom stereocenters. The van der Waals surface area contributed by atoms with Crippen LogP contribution in [0.2, 0.25) is 0 Å². The summed E-state index contributed by atoms with van der Waals surface area (Å²) in [4.78, 5) is 10.7. The van der Waals surface area contributed by atoms with Crippen LogP contribution in [0.15, 0.2) is 35.7 Å². The van der Waals surface area contributed by atoms with Crippen LogP contribution in [-0.2, 0) is 5.92 Å². The number of alkyl halides is 2. The number of halogens is 2. The molecule has 1 aromatic heterocycles. The van der Waals surface area contributed by atoms with Crippen LogP contribution in [0, 0.1) is 6.92 Å². The number of hydrogen-bond acceptors (Lipinski definition) is 2. The monoisotopic (exact) mass is 268 g/mol. The Labute approximate surface area is 107 Å². The van der Waals surface area contributed by atoms with Gasteiger partial charge in [-0.15, -0.1) is 11.3 Å². The number of hydrogen-bond donors (Lipinski definition) is 1. The third kappa shape index (κ3) is 2.13. The Bertz CT molecular complexity index is 573. The Kier molecular flexibility index (Phi) is 3.17. The largest absolute Gasteiger partial charge is 0.478 e. The van der Waals surface area contributed by atoms with Crippen LogP contribution in [0.25, 0.3) is 0 Å². The summed E-state index contributed by atoms with van der Waals surface area (Å²) in [6, 6.07) is 6.33. The Morgan fingerprint density at radius 1 is 1.22 bits per heavy atom. The third-order valence-corrected chi connectivity index (χ3v) is 3.73. The maximum Gasteiger partial charge on any atom is 0.335 e. The molecule has 0 aliphatic carbocycles. The number of carbonyl (C=O) groups is 1. The van der Waals surface area contributed by atoms with E-state index in [4.69, 9.17) is 5.11 Å². The zero-order valence-electron chi connectivity index (χ0n) is 9.48. The smallest absolute Gasteiger partial charge is 0.335 e. The van der Waals surface area contributed by atoms with Gasteiger partial charge in [-0.1, -0.05) is 12.1 Å². The predicted molar refractivity (Wildman–Crippen MR) is 65.5 cm³/mol. The first kappa shape index (κ1) is 12.7. The highest BCUT2D eigenvalue weighted by Crippen LogP contribution is 2.40. The summed E-state index contributed by atoms with van der Waals surface area (Å²) in [5.41, 5.74) is 0.336. The Hall–Kier alpha value is -1.75. The molecule has 0 saturated heterocycles. The van der Waals surface area contributed by atoms with Crippen molar-refractivity contribution < 1.29 is 18.7 Å². The van der Waals surface area contributed by atoms with Crippen molar-refractivity contribution in [1.29, 1.82) is 0 Å². The van der Waals surface area contributed by atoms with Gasteiger partial charge in [0.1, 0.15) is 0 Å². The van der Waals surface area contributed by atoms with Gasteiger partial charge >= 0.3 is 11.9 Å². The molecule has 94 valence electrons. The van der Waals surface area contributed by atoms with E-state index >= 15 is 0 Å². The molecule has 2 aromatic rings. The van der Waals surface area contributed by atoms with E-state index in [0.29, 0.717) is 5.56 Å². The summed E-state index contributed by atoms with van der Waals surface area (Å²) in [5.74, 6) is -4.22. The van der Waals surface area contributed by atoms with Crippen LogP contribution in [0.1, 0.15) is 26.4 Å². The second kappa shape index (κ2) is 4.49. The fourth-order valence-corrected chi connectivity index (χ4v) is 2.58. The normalized spacial score (nSPS) is 11.5. The molecule has 0 aliphatic heterocycles. The molecule has 0 unspecified atom stereocenters. The molecule has 2 nitrogen and oxygen atoms in total. The molecule has 1 heterocycles. The van der Waals surface area contributed by atoms with Crippen molar-refractivity contribution in [3.05, 3.63) is 57.3 Å². The lowest BCUT2D eigenvalue weighted by Crippen LogP contribution is -2.14. The topological polar surface area (TPSA) is 37.3 Å². The third-order valence-electron chi connectivity index (χ3n) is 2.64. The van der Waals surface area contributed by atoms with Gasteiger partial charge in [-0.2, -0.15) is 8.78 Å². The highest BCUT2D eigenvalue weighted by molar-refractivity contribution is 7.10. The first-order chi connectivity index (χ1) is 8.43. The van der Waals surface area contributed by atoms with E-state index in [1.165, 1.54) is 12.1 Å². The van der Waals surface area contributed by atoms with Crippen molar-refractivity contribution in [3.8, 4) is 0 Å². The van der Waals surface area contributed by atoms with Crippen molar-refractivity contribution in [1.82, 2.24) is 0 Å². The lowest BCUT2D eigenvalue weighted by molar-refractivity contribution is 0.0461. The van der Waals surface area contributed by atoms with E-state index in [1.54, 1.807) is 18.4 Å². The van der Waals surface area contributed by atoms with Crippen LogP contribution < -0.4 is 0 Å². The quantitative estimate of drug-likeness (QED) is 0.916. The van der Waals surface area contributed by atoms with Crippen molar-refractivity contribution in [3.63, 3.8) is 0 Å². The van der Waals surface area contributed by atoms with Crippen molar-refractivity contribution >= 4 is 17.3 Å². The fraction of sp³-hybridized carbons (Fsp3) is 0.154. The standard InChI is InChI=1S/C13H10F2O2S/c1-8-6-7-18-11(8)13(14,15)10-4-2-9(3-5-10)12(16)17/h2-7H,1H3,(H,16,17). The van der Waals surface area contributed by atoms with Crippen molar-refractivity contribution in [2.75, 3.05) is 0 Å². The molecular weight excluding hydrogens is 258 g/mol. The second-order valence-corrected chi connectivity index (χ2v) is 4.81. The summed E-state index contributed by atoms with van der Waals surface area (Å²) >= 11 is 0.996.